The molecule has 0 fully saturated rings. The molecule has 2 amide bonds. The number of rotatable bonds is 7. The van der Waals surface area contributed by atoms with Gasteiger partial charge in [-0.15, -0.1) is 0 Å². The van der Waals surface area contributed by atoms with Crippen LogP contribution in [-0.2, 0) is 40.5 Å². The van der Waals surface area contributed by atoms with Crippen LogP contribution in [0.2, 0.25) is 0 Å². The minimum Gasteiger partial charge on any atom is -0.307 e. The summed E-state index contributed by atoms with van der Waals surface area (Å²) in [6.45, 7) is 1.87. The van der Waals surface area contributed by atoms with E-state index in [-0.39, 0.29) is 18.0 Å². The Hall–Kier alpha value is -1.89. The van der Waals surface area contributed by atoms with E-state index in [1.807, 2.05) is 6.92 Å². The predicted molar refractivity (Wildman–Crippen MR) is 101 cm³/mol. The number of benzene rings is 1. The second-order valence-corrected chi connectivity index (χ2v) is 8.99. The van der Waals surface area contributed by atoms with Gasteiger partial charge in [0, 0.05) is 18.5 Å². The summed E-state index contributed by atoms with van der Waals surface area (Å²) in [5.41, 5.74) is 5.65. The molecule has 0 bridgehead atoms. The largest absolute Gasteiger partial charge is 0.332 e. The number of fused-ring (bicyclic) bond motifs is 2. The Morgan fingerprint density at radius 3 is 2.19 bits per heavy atom. The van der Waals surface area contributed by atoms with Crippen LogP contribution in [0.25, 0.3) is 0 Å². The molecule has 2 aliphatic rings. The van der Waals surface area contributed by atoms with E-state index in [0.717, 1.165) is 55.3 Å². The van der Waals surface area contributed by atoms with E-state index < -0.39 is 16.1 Å². The van der Waals surface area contributed by atoms with E-state index in [2.05, 4.69) is 16.1 Å². The van der Waals surface area contributed by atoms with Crippen molar-refractivity contribution in [3.05, 3.63) is 28.3 Å². The van der Waals surface area contributed by atoms with Crippen molar-refractivity contribution in [1.82, 2.24) is 4.72 Å². The maximum atomic E-state index is 12.3. The first-order valence-electron chi connectivity index (χ1n) is 9.39. The smallest absolute Gasteiger partial charge is 0.307 e. The third-order valence-electron chi connectivity index (χ3n) is 5.14. The second kappa shape index (κ2) is 7.78. The Balaban J connectivity index is 1.68. The van der Waals surface area contributed by atoms with E-state index in [4.69, 9.17) is 0 Å². The molecule has 1 aromatic carbocycles. The lowest BCUT2D eigenvalue weighted by molar-refractivity contribution is -0.118. The van der Waals surface area contributed by atoms with Crippen molar-refractivity contribution < 1.29 is 18.0 Å². The number of aryl methyl sites for hydroxylation is 2. The molecule has 0 unspecified atom stereocenters. The molecule has 0 heterocycles. The van der Waals surface area contributed by atoms with E-state index in [1.165, 1.54) is 11.1 Å². The number of amides is 2. The van der Waals surface area contributed by atoms with Gasteiger partial charge in [0.2, 0.25) is 10.0 Å². The highest BCUT2D eigenvalue weighted by Gasteiger charge is 2.26. The van der Waals surface area contributed by atoms with Crippen LogP contribution in [0.15, 0.2) is 6.07 Å². The van der Waals surface area contributed by atoms with Gasteiger partial charge in [-0.25, -0.2) is 17.9 Å². The van der Waals surface area contributed by atoms with Gasteiger partial charge in [0.25, 0.3) is 0 Å². The zero-order chi connectivity index (χ0) is 18.7. The third-order valence-corrected chi connectivity index (χ3v) is 6.38. The van der Waals surface area contributed by atoms with Crippen LogP contribution in [0.4, 0.5) is 10.5 Å². The lowest BCUT2D eigenvalue weighted by atomic mass is 9.99. The van der Waals surface area contributed by atoms with Crippen molar-refractivity contribution in [1.29, 1.82) is 0 Å². The maximum absolute atomic E-state index is 12.3. The Kier molecular flexibility index (Phi) is 5.65. The van der Waals surface area contributed by atoms with Crippen molar-refractivity contribution in [2.75, 3.05) is 11.1 Å². The number of sulfonamides is 1. The van der Waals surface area contributed by atoms with Crippen LogP contribution in [0.1, 0.15) is 61.3 Å². The molecule has 0 aromatic heterocycles. The number of carbonyl (C=O) groups excluding carboxylic acids is 2. The number of hydrogen-bond donors (Lipinski definition) is 2. The summed E-state index contributed by atoms with van der Waals surface area (Å²) in [5, 5.41) is 2.80. The molecular formula is C19H26N2O4S. The molecule has 26 heavy (non-hydrogen) atoms. The Morgan fingerprint density at radius 1 is 1.00 bits per heavy atom. The molecule has 0 radical (unpaired) electrons. The fraction of sp³-hybridized carbons (Fsp3) is 0.579. The van der Waals surface area contributed by atoms with Gasteiger partial charge in [-0.1, -0.05) is 13.0 Å². The van der Waals surface area contributed by atoms with Gasteiger partial charge in [-0.05, 0) is 67.2 Å². The van der Waals surface area contributed by atoms with Crippen LogP contribution in [-0.4, -0.2) is 26.0 Å². The van der Waals surface area contributed by atoms with Crippen molar-refractivity contribution in [2.24, 2.45) is 0 Å². The van der Waals surface area contributed by atoms with Crippen LogP contribution in [0, 0.1) is 0 Å². The number of urea groups is 1. The van der Waals surface area contributed by atoms with Crippen molar-refractivity contribution in [2.45, 2.75) is 64.7 Å². The minimum absolute atomic E-state index is 0.0629. The number of hydrogen-bond acceptors (Lipinski definition) is 4. The molecule has 0 atom stereocenters. The number of ketones is 1. The van der Waals surface area contributed by atoms with Gasteiger partial charge in [0.1, 0.15) is 5.78 Å². The summed E-state index contributed by atoms with van der Waals surface area (Å²) in [4.78, 5) is 23.8. The van der Waals surface area contributed by atoms with Gasteiger partial charge >= 0.3 is 6.03 Å². The molecule has 0 aliphatic heterocycles. The predicted octanol–water partition coefficient (Wildman–Crippen LogP) is 2.87. The third kappa shape index (κ3) is 4.26. The van der Waals surface area contributed by atoms with Gasteiger partial charge in [-0.2, -0.15) is 0 Å². The second-order valence-electron chi connectivity index (χ2n) is 7.15. The molecule has 3 rings (SSSR count). The summed E-state index contributed by atoms with van der Waals surface area (Å²) in [6, 6.07) is 1.52. The SMILES string of the molecule is CCCC(=O)CCS(=O)(=O)NC(=O)Nc1c2c(cc3c1CCC3)CCC2. The van der Waals surface area contributed by atoms with Crippen LogP contribution in [0.5, 0.6) is 0 Å². The molecule has 0 spiro atoms. The Bertz CT molecular complexity index is 798. The molecule has 7 heteroatoms. The number of anilines is 1. The minimum atomic E-state index is -3.83. The molecule has 2 aliphatic carbocycles. The van der Waals surface area contributed by atoms with E-state index in [0.29, 0.717) is 12.8 Å². The fourth-order valence-corrected chi connectivity index (χ4v) is 4.88. The zero-order valence-electron chi connectivity index (χ0n) is 15.2. The normalized spacial score (nSPS) is 15.4. The quantitative estimate of drug-likeness (QED) is 0.763. The van der Waals surface area contributed by atoms with Crippen LogP contribution >= 0.6 is 0 Å². The number of Topliss-reactive ketones (excluding diaryl/α,β-unsaturated/α-hetero) is 1. The number of carbonyl (C=O) groups is 2. The van der Waals surface area contributed by atoms with E-state index in [1.54, 1.807) is 0 Å². The number of nitrogens with one attached hydrogen (secondary N) is 2. The molecular weight excluding hydrogens is 352 g/mol. The molecule has 2 N–H and O–H groups in total. The summed E-state index contributed by atoms with van der Waals surface area (Å²) < 4.78 is 26.2. The lowest BCUT2D eigenvalue weighted by Gasteiger charge is -2.16. The molecule has 142 valence electrons. The van der Waals surface area contributed by atoms with Gasteiger partial charge < -0.3 is 5.32 Å². The van der Waals surface area contributed by atoms with Crippen molar-refractivity contribution in [3.8, 4) is 0 Å². The van der Waals surface area contributed by atoms with Gasteiger partial charge in [0.15, 0.2) is 0 Å². The fourth-order valence-electron chi connectivity index (χ4n) is 3.95. The molecule has 6 nitrogen and oxygen atoms in total. The van der Waals surface area contributed by atoms with Crippen molar-refractivity contribution >= 4 is 27.5 Å². The van der Waals surface area contributed by atoms with Gasteiger partial charge in [-0.3, -0.25) is 4.79 Å². The molecule has 1 aromatic rings. The topological polar surface area (TPSA) is 92.3 Å². The maximum Gasteiger partial charge on any atom is 0.332 e. The average molecular weight is 378 g/mol. The first kappa shape index (κ1) is 18.9. The Labute approximate surface area is 154 Å². The molecule has 0 saturated heterocycles. The summed E-state index contributed by atoms with van der Waals surface area (Å²) >= 11 is 0. The van der Waals surface area contributed by atoms with E-state index >= 15 is 0 Å². The van der Waals surface area contributed by atoms with Crippen molar-refractivity contribution in [3.63, 3.8) is 0 Å². The van der Waals surface area contributed by atoms with E-state index in [9.17, 15) is 18.0 Å². The summed E-state index contributed by atoms with van der Waals surface area (Å²) in [5.74, 6) is -0.457. The Morgan fingerprint density at radius 2 is 1.62 bits per heavy atom. The summed E-state index contributed by atoms with van der Waals surface area (Å²) in [7, 11) is -3.83. The van der Waals surface area contributed by atoms with Crippen LogP contribution < -0.4 is 10.0 Å². The molecule has 0 saturated carbocycles. The zero-order valence-corrected chi connectivity index (χ0v) is 16.0. The first-order valence-corrected chi connectivity index (χ1v) is 11.0. The highest BCUT2D eigenvalue weighted by atomic mass is 32.2. The monoisotopic (exact) mass is 378 g/mol. The van der Waals surface area contributed by atoms with Gasteiger partial charge in [0.05, 0.1) is 5.75 Å². The first-order chi connectivity index (χ1) is 12.4. The lowest BCUT2D eigenvalue weighted by Crippen LogP contribution is -2.36. The summed E-state index contributed by atoms with van der Waals surface area (Å²) in [6.07, 6.45) is 6.97. The highest BCUT2D eigenvalue weighted by Crippen LogP contribution is 2.38. The highest BCUT2D eigenvalue weighted by molar-refractivity contribution is 7.90. The average Bonchev–Trinajstić information content (AvgIpc) is 3.21. The standard InChI is InChI=1S/C19H26N2O4S/c1-2-5-15(22)10-11-26(24,25)21-19(23)20-18-16-8-3-6-13(16)12-14-7-4-9-17(14)18/h12H,2-11H2,1H3,(H2,20,21,23). The van der Waals surface area contributed by atoms with Crippen LogP contribution in [0.3, 0.4) is 0 Å².